The number of para-hydroxylation sites is 1. The van der Waals surface area contributed by atoms with Crippen LogP contribution in [0, 0.1) is 0 Å². The molecule has 1 aromatic carbocycles. The van der Waals surface area contributed by atoms with E-state index in [-0.39, 0.29) is 24.3 Å². The average Bonchev–Trinajstić information content (AvgIpc) is 2.87. The number of carbonyl (C=O) groups excluding carboxylic acids is 3. The largest absolute Gasteiger partial charge is 0.492 e. The zero-order valence-electron chi connectivity index (χ0n) is 15.8. The standard InChI is InChI=1S/C19H26N4O4/c1-20-16(18(25)21(2)19(20)26)14-17(24)23-10-8-22(9-11-23)12-13-27-15-6-4-3-5-7-15/h3-7,16H,8-14H2,1-2H3. The van der Waals surface area contributed by atoms with Crippen LogP contribution in [0.2, 0.25) is 0 Å². The molecule has 2 heterocycles. The highest BCUT2D eigenvalue weighted by Crippen LogP contribution is 2.18. The first kappa shape index (κ1) is 19.2. The fraction of sp³-hybridized carbons (Fsp3) is 0.526. The molecule has 0 aromatic heterocycles. The van der Waals surface area contributed by atoms with Crippen molar-refractivity contribution in [3.63, 3.8) is 0 Å². The normalized spacial score (nSPS) is 21.1. The molecule has 1 atom stereocenters. The fourth-order valence-corrected chi connectivity index (χ4v) is 3.40. The lowest BCUT2D eigenvalue weighted by molar-refractivity contribution is -0.137. The summed E-state index contributed by atoms with van der Waals surface area (Å²) in [6, 6.07) is 8.65. The molecule has 146 valence electrons. The maximum absolute atomic E-state index is 12.5. The van der Waals surface area contributed by atoms with Crippen LogP contribution >= 0.6 is 0 Å². The smallest absolute Gasteiger partial charge is 0.326 e. The quantitative estimate of drug-likeness (QED) is 0.678. The zero-order valence-corrected chi connectivity index (χ0v) is 15.8. The van der Waals surface area contributed by atoms with Gasteiger partial charge in [0.05, 0.1) is 6.42 Å². The molecule has 0 spiro atoms. The van der Waals surface area contributed by atoms with Crippen molar-refractivity contribution in [3.05, 3.63) is 30.3 Å². The first-order valence-corrected chi connectivity index (χ1v) is 9.19. The van der Waals surface area contributed by atoms with Crippen LogP contribution in [0.3, 0.4) is 0 Å². The van der Waals surface area contributed by atoms with Crippen LogP contribution in [0.4, 0.5) is 4.79 Å². The zero-order chi connectivity index (χ0) is 19.4. The van der Waals surface area contributed by atoms with E-state index in [1.165, 1.54) is 11.9 Å². The number of ether oxygens (including phenoxy) is 1. The van der Waals surface area contributed by atoms with E-state index < -0.39 is 6.04 Å². The van der Waals surface area contributed by atoms with Gasteiger partial charge in [-0.1, -0.05) is 18.2 Å². The number of imide groups is 1. The van der Waals surface area contributed by atoms with E-state index >= 15 is 0 Å². The Kier molecular flexibility index (Phi) is 5.95. The number of urea groups is 1. The molecule has 4 amide bonds. The number of rotatable bonds is 6. The number of piperazine rings is 1. The van der Waals surface area contributed by atoms with E-state index in [9.17, 15) is 14.4 Å². The molecule has 2 saturated heterocycles. The third kappa shape index (κ3) is 4.39. The van der Waals surface area contributed by atoms with Crippen molar-refractivity contribution in [1.82, 2.24) is 19.6 Å². The van der Waals surface area contributed by atoms with Crippen molar-refractivity contribution in [2.24, 2.45) is 0 Å². The molecular weight excluding hydrogens is 348 g/mol. The van der Waals surface area contributed by atoms with Crippen LogP contribution in [0.1, 0.15) is 6.42 Å². The second kappa shape index (κ2) is 8.39. The van der Waals surface area contributed by atoms with Crippen LogP contribution in [0.15, 0.2) is 30.3 Å². The van der Waals surface area contributed by atoms with Crippen molar-refractivity contribution in [3.8, 4) is 5.75 Å². The molecule has 1 aromatic rings. The maximum atomic E-state index is 12.5. The average molecular weight is 374 g/mol. The molecule has 8 nitrogen and oxygen atoms in total. The van der Waals surface area contributed by atoms with Crippen molar-refractivity contribution < 1.29 is 19.1 Å². The van der Waals surface area contributed by atoms with E-state index in [1.54, 1.807) is 11.9 Å². The summed E-state index contributed by atoms with van der Waals surface area (Å²) in [5, 5.41) is 0. The van der Waals surface area contributed by atoms with E-state index in [4.69, 9.17) is 4.74 Å². The molecule has 0 N–H and O–H groups in total. The minimum atomic E-state index is -0.688. The van der Waals surface area contributed by atoms with Crippen molar-refractivity contribution >= 4 is 17.8 Å². The van der Waals surface area contributed by atoms with Gasteiger partial charge < -0.3 is 14.5 Å². The van der Waals surface area contributed by atoms with E-state index in [0.29, 0.717) is 19.7 Å². The van der Waals surface area contributed by atoms with Gasteiger partial charge in [0.1, 0.15) is 18.4 Å². The van der Waals surface area contributed by atoms with Crippen molar-refractivity contribution in [2.45, 2.75) is 12.5 Å². The lowest BCUT2D eigenvalue weighted by atomic mass is 10.1. The van der Waals surface area contributed by atoms with Gasteiger partial charge in [-0.2, -0.15) is 0 Å². The van der Waals surface area contributed by atoms with Gasteiger partial charge >= 0.3 is 6.03 Å². The number of amides is 4. The first-order valence-electron chi connectivity index (χ1n) is 9.19. The molecule has 2 fully saturated rings. The van der Waals surface area contributed by atoms with E-state index in [0.717, 1.165) is 30.3 Å². The van der Waals surface area contributed by atoms with E-state index in [1.807, 2.05) is 30.3 Å². The molecular formula is C19H26N4O4. The summed E-state index contributed by atoms with van der Waals surface area (Å²) in [5.74, 6) is 0.465. The Balaban J connectivity index is 1.40. The molecule has 2 aliphatic rings. The molecule has 0 radical (unpaired) electrons. The van der Waals surface area contributed by atoms with Gasteiger partial charge in [0, 0.05) is 46.8 Å². The highest BCUT2D eigenvalue weighted by atomic mass is 16.5. The summed E-state index contributed by atoms with van der Waals surface area (Å²) in [6.07, 6.45) is 0.0442. The van der Waals surface area contributed by atoms with Crippen molar-refractivity contribution in [2.75, 3.05) is 53.4 Å². The number of carbonyl (C=O) groups is 3. The Labute approximate surface area is 159 Å². The molecule has 8 heteroatoms. The Hall–Kier alpha value is -2.61. The van der Waals surface area contributed by atoms with Crippen LogP contribution < -0.4 is 4.74 Å². The molecule has 0 aliphatic carbocycles. The molecule has 2 aliphatic heterocycles. The summed E-state index contributed by atoms with van der Waals surface area (Å²) >= 11 is 0. The molecule has 3 rings (SSSR count). The number of nitrogens with zero attached hydrogens (tertiary/aromatic N) is 4. The Morgan fingerprint density at radius 2 is 1.74 bits per heavy atom. The number of hydrogen-bond donors (Lipinski definition) is 0. The fourth-order valence-electron chi connectivity index (χ4n) is 3.40. The highest BCUT2D eigenvalue weighted by molar-refractivity contribution is 6.05. The number of likely N-dealkylation sites (N-methyl/N-ethyl adjacent to an activating group) is 2. The van der Waals surface area contributed by atoms with Crippen LogP contribution in [-0.2, 0) is 9.59 Å². The van der Waals surface area contributed by atoms with Crippen LogP contribution in [-0.4, -0.2) is 96.9 Å². The lowest BCUT2D eigenvalue weighted by Gasteiger charge is -2.35. The monoisotopic (exact) mass is 374 g/mol. The maximum Gasteiger partial charge on any atom is 0.326 e. The van der Waals surface area contributed by atoms with Gasteiger partial charge in [0.15, 0.2) is 0 Å². The summed E-state index contributed by atoms with van der Waals surface area (Å²) in [7, 11) is 3.01. The minimum Gasteiger partial charge on any atom is -0.492 e. The van der Waals surface area contributed by atoms with Crippen molar-refractivity contribution in [1.29, 1.82) is 0 Å². The Morgan fingerprint density at radius 1 is 1.07 bits per heavy atom. The number of benzene rings is 1. The molecule has 0 saturated carbocycles. The van der Waals surface area contributed by atoms with Gasteiger partial charge in [-0.25, -0.2) is 4.79 Å². The molecule has 1 unspecified atom stereocenters. The summed E-state index contributed by atoms with van der Waals surface area (Å²) in [5.41, 5.74) is 0. The molecule has 0 bridgehead atoms. The SMILES string of the molecule is CN1C(=O)C(CC(=O)N2CCN(CCOc3ccccc3)CC2)N(C)C1=O. The summed E-state index contributed by atoms with van der Waals surface area (Å²) in [4.78, 5) is 42.9. The number of hydrogen-bond acceptors (Lipinski definition) is 5. The van der Waals surface area contributed by atoms with Crippen LogP contribution in [0.25, 0.3) is 0 Å². The third-order valence-corrected chi connectivity index (χ3v) is 5.18. The topological polar surface area (TPSA) is 73.4 Å². The predicted octanol–water partition coefficient (Wildman–Crippen LogP) is 0.492. The van der Waals surface area contributed by atoms with Gasteiger partial charge in [0.25, 0.3) is 5.91 Å². The van der Waals surface area contributed by atoms with Crippen LogP contribution in [0.5, 0.6) is 5.75 Å². The molecule has 27 heavy (non-hydrogen) atoms. The highest BCUT2D eigenvalue weighted by Gasteiger charge is 2.42. The summed E-state index contributed by atoms with van der Waals surface area (Å²) in [6.45, 7) is 4.21. The van der Waals surface area contributed by atoms with Gasteiger partial charge in [0.2, 0.25) is 5.91 Å². The first-order chi connectivity index (χ1) is 13.0. The summed E-state index contributed by atoms with van der Waals surface area (Å²) < 4.78 is 5.71. The second-order valence-electron chi connectivity index (χ2n) is 6.89. The second-order valence-corrected chi connectivity index (χ2v) is 6.89. The minimum absolute atomic E-state index is 0.0442. The van der Waals surface area contributed by atoms with Gasteiger partial charge in [-0.15, -0.1) is 0 Å². The predicted molar refractivity (Wildman–Crippen MR) is 99.3 cm³/mol. The lowest BCUT2D eigenvalue weighted by Crippen LogP contribution is -2.50. The van der Waals surface area contributed by atoms with E-state index in [2.05, 4.69) is 4.90 Å². The Morgan fingerprint density at radius 3 is 2.33 bits per heavy atom. The van der Waals surface area contributed by atoms with Gasteiger partial charge in [-0.3, -0.25) is 19.4 Å². The third-order valence-electron chi connectivity index (χ3n) is 5.18. The Bertz CT molecular complexity index is 688. The van der Waals surface area contributed by atoms with Gasteiger partial charge in [-0.05, 0) is 12.1 Å².